The maximum atomic E-state index is 12.4. The van der Waals surface area contributed by atoms with Crippen LogP contribution in [0.2, 0.25) is 0 Å². The Hall–Kier alpha value is -3.43. The molecule has 0 unspecified atom stereocenters. The number of aromatic nitrogens is 1. The van der Waals surface area contributed by atoms with E-state index < -0.39 is 11.9 Å². The molecule has 1 rings (SSSR count). The number of thiazole rings is 1. The highest BCUT2D eigenvalue weighted by Gasteiger charge is 2.09. The molecule has 208 valence electrons. The van der Waals surface area contributed by atoms with Gasteiger partial charge in [0.2, 0.25) is 5.91 Å². The van der Waals surface area contributed by atoms with Crippen LogP contribution in [0.1, 0.15) is 66.5 Å². The van der Waals surface area contributed by atoms with Crippen molar-refractivity contribution < 1.29 is 9.59 Å². The second kappa shape index (κ2) is 19.7. The molecule has 0 fully saturated rings. The number of rotatable bonds is 12. The van der Waals surface area contributed by atoms with Crippen LogP contribution in [0.15, 0.2) is 86.7 Å². The van der Waals surface area contributed by atoms with Gasteiger partial charge in [-0.3, -0.25) is 9.80 Å². The lowest BCUT2D eigenvalue weighted by atomic mass is 10.1. The lowest BCUT2D eigenvalue weighted by molar-refractivity contribution is -0.117. The third-order valence-electron chi connectivity index (χ3n) is 4.55. The van der Waals surface area contributed by atoms with Gasteiger partial charge in [-0.05, 0) is 56.6 Å². The van der Waals surface area contributed by atoms with Crippen molar-refractivity contribution in [3.63, 3.8) is 0 Å². The molecule has 0 saturated carbocycles. The first-order valence-electron chi connectivity index (χ1n) is 12.3. The van der Waals surface area contributed by atoms with Gasteiger partial charge in [-0.2, -0.15) is 5.10 Å². The molecule has 0 aliphatic carbocycles. The molecule has 0 spiro atoms. The van der Waals surface area contributed by atoms with Crippen molar-refractivity contribution >= 4 is 40.6 Å². The number of carbonyl (C=O) groups is 2. The maximum absolute atomic E-state index is 12.4. The van der Waals surface area contributed by atoms with Crippen molar-refractivity contribution in [3.05, 3.63) is 87.3 Å². The van der Waals surface area contributed by atoms with Crippen LogP contribution in [0, 0.1) is 0 Å². The van der Waals surface area contributed by atoms with Gasteiger partial charge in [-0.25, -0.2) is 9.78 Å². The fourth-order valence-electron chi connectivity index (χ4n) is 2.81. The monoisotopic (exact) mass is 560 g/mol. The van der Waals surface area contributed by atoms with E-state index in [4.69, 9.17) is 17.3 Å². The van der Waals surface area contributed by atoms with Crippen molar-refractivity contribution in [3.8, 4) is 0 Å². The van der Waals surface area contributed by atoms with E-state index in [1.807, 2.05) is 45.2 Å². The summed E-state index contributed by atoms with van der Waals surface area (Å²) in [6.07, 6.45) is 12.2. The zero-order chi connectivity index (χ0) is 29.1. The van der Waals surface area contributed by atoms with E-state index in [2.05, 4.69) is 41.1 Å². The minimum atomic E-state index is -0.461. The summed E-state index contributed by atoms with van der Waals surface area (Å²) in [6, 6.07) is -0.402. The number of amides is 3. The minimum absolute atomic E-state index is 0.0451. The smallest absolute Gasteiger partial charge is 0.322 e. The van der Waals surface area contributed by atoms with Gasteiger partial charge in [-0.15, -0.1) is 11.3 Å². The fourth-order valence-corrected chi connectivity index (χ4v) is 3.47. The molecule has 0 aliphatic heterocycles. The summed E-state index contributed by atoms with van der Waals surface area (Å²) in [6.45, 7) is 15.6. The summed E-state index contributed by atoms with van der Waals surface area (Å²) >= 11 is 7.61. The first-order chi connectivity index (χ1) is 18.0. The minimum Gasteiger partial charge on any atom is -0.369 e. The standard InChI is InChI=1S/C25H33ClN6O2S.C3H8/c1-7-10-19(13-17(4)14-24(27)33)32(6)31-22(23-15-35-16-29-23)11-12-28-25(34)30-21(9-3)18(5)20(26)8-2;1-3-2/h7-8,10-13,15-16H,4,9,14H2,1-3,5-6H3,(H2,27,33)(H2,28,30,34);3H2,1-2H3/b10-7-,12-11+,19-13+,20-8+,21-18+,31-22+;. The second-order valence-electron chi connectivity index (χ2n) is 7.99. The molecule has 1 heterocycles. The van der Waals surface area contributed by atoms with Gasteiger partial charge in [0.05, 0.1) is 17.6 Å². The van der Waals surface area contributed by atoms with E-state index in [1.54, 1.807) is 35.8 Å². The average molecular weight is 561 g/mol. The number of hydrogen-bond donors (Lipinski definition) is 3. The number of halogens is 1. The topological polar surface area (TPSA) is 113 Å². The zero-order valence-corrected chi connectivity index (χ0v) is 25.0. The van der Waals surface area contributed by atoms with E-state index in [0.717, 1.165) is 11.3 Å². The van der Waals surface area contributed by atoms with Crippen molar-refractivity contribution in [2.45, 2.75) is 60.8 Å². The predicted molar refractivity (Wildman–Crippen MR) is 162 cm³/mol. The third-order valence-corrected chi connectivity index (χ3v) is 5.64. The van der Waals surface area contributed by atoms with Crippen LogP contribution in [0.25, 0.3) is 0 Å². The number of nitrogens with one attached hydrogen (secondary N) is 2. The number of urea groups is 1. The average Bonchev–Trinajstić information content (AvgIpc) is 3.40. The van der Waals surface area contributed by atoms with Crippen LogP contribution in [0.5, 0.6) is 0 Å². The summed E-state index contributed by atoms with van der Waals surface area (Å²) in [4.78, 5) is 27.9. The summed E-state index contributed by atoms with van der Waals surface area (Å²) in [7, 11) is 1.76. The Bertz CT molecular complexity index is 1100. The van der Waals surface area contributed by atoms with Crippen molar-refractivity contribution in [1.29, 1.82) is 0 Å². The van der Waals surface area contributed by atoms with Crippen LogP contribution >= 0.6 is 22.9 Å². The number of nitrogens with two attached hydrogens (primary N) is 1. The molecule has 38 heavy (non-hydrogen) atoms. The Kier molecular flexibility index (Phi) is 17.9. The zero-order valence-electron chi connectivity index (χ0n) is 23.5. The first-order valence-corrected chi connectivity index (χ1v) is 13.6. The maximum Gasteiger partial charge on any atom is 0.322 e. The number of hydrazone groups is 1. The largest absolute Gasteiger partial charge is 0.369 e. The van der Waals surface area contributed by atoms with Crippen LogP contribution in [-0.2, 0) is 4.79 Å². The van der Waals surface area contributed by atoms with Crippen molar-refractivity contribution in [1.82, 2.24) is 20.6 Å². The van der Waals surface area contributed by atoms with Gasteiger partial charge in [0, 0.05) is 29.4 Å². The summed E-state index contributed by atoms with van der Waals surface area (Å²) in [5.74, 6) is -0.461. The molecule has 0 bridgehead atoms. The van der Waals surface area contributed by atoms with Crippen LogP contribution in [0.4, 0.5) is 4.79 Å². The molecule has 1 aromatic heterocycles. The molecule has 8 nitrogen and oxygen atoms in total. The number of primary amides is 1. The molecular formula is C28H41ClN6O2S. The molecule has 0 aromatic carbocycles. The number of carbonyl (C=O) groups excluding carboxylic acids is 2. The Labute approximate surface area is 236 Å². The van der Waals surface area contributed by atoms with Gasteiger partial charge in [0.1, 0.15) is 11.4 Å². The van der Waals surface area contributed by atoms with E-state index in [1.165, 1.54) is 24.0 Å². The molecule has 0 saturated heterocycles. The predicted octanol–water partition coefficient (Wildman–Crippen LogP) is 6.73. The summed E-state index contributed by atoms with van der Waals surface area (Å²) < 4.78 is 0. The summed E-state index contributed by atoms with van der Waals surface area (Å²) in [5.41, 5.74) is 10.9. The third kappa shape index (κ3) is 13.8. The van der Waals surface area contributed by atoms with Crippen LogP contribution in [0.3, 0.4) is 0 Å². The molecule has 0 atom stereocenters. The Morgan fingerprint density at radius 1 is 1.26 bits per heavy atom. The second-order valence-corrected chi connectivity index (χ2v) is 9.11. The van der Waals surface area contributed by atoms with E-state index in [9.17, 15) is 9.59 Å². The number of hydrogen-bond acceptors (Lipinski definition) is 6. The molecule has 1 aromatic rings. The Morgan fingerprint density at radius 2 is 1.92 bits per heavy atom. The normalized spacial score (nSPS) is 13.1. The molecule has 4 N–H and O–H groups in total. The molecule has 0 aliphatic rings. The molecular weight excluding hydrogens is 520 g/mol. The quantitative estimate of drug-likeness (QED) is 0.149. The van der Waals surface area contributed by atoms with Crippen molar-refractivity contribution in [2.75, 3.05) is 7.05 Å². The molecule has 3 amide bonds. The van der Waals surface area contributed by atoms with Gasteiger partial charge in [-0.1, -0.05) is 57.5 Å². The lowest BCUT2D eigenvalue weighted by Gasteiger charge is -2.16. The Morgan fingerprint density at radius 3 is 2.42 bits per heavy atom. The Balaban J connectivity index is 0.00000434. The van der Waals surface area contributed by atoms with Crippen LogP contribution < -0.4 is 16.4 Å². The van der Waals surface area contributed by atoms with Crippen molar-refractivity contribution in [2.24, 2.45) is 10.8 Å². The number of nitrogens with zero attached hydrogens (tertiary/aromatic N) is 3. The lowest BCUT2D eigenvalue weighted by Crippen LogP contribution is -2.32. The van der Waals surface area contributed by atoms with Gasteiger partial charge >= 0.3 is 6.03 Å². The van der Waals surface area contributed by atoms with E-state index >= 15 is 0 Å². The number of allylic oxidation sites excluding steroid dienone is 8. The van der Waals surface area contributed by atoms with Gasteiger partial charge in [0.15, 0.2) is 0 Å². The molecule has 10 heteroatoms. The van der Waals surface area contributed by atoms with Crippen LogP contribution in [-0.4, -0.2) is 34.7 Å². The summed E-state index contributed by atoms with van der Waals surface area (Å²) in [5, 5.41) is 14.2. The first kappa shape index (κ1) is 34.6. The van der Waals surface area contributed by atoms with E-state index in [-0.39, 0.29) is 6.42 Å². The van der Waals surface area contributed by atoms with E-state index in [0.29, 0.717) is 34.1 Å². The van der Waals surface area contributed by atoms with Gasteiger partial charge in [0.25, 0.3) is 0 Å². The fraction of sp³-hybridized carbons (Fsp3) is 0.357. The highest BCUT2D eigenvalue weighted by molar-refractivity contribution is 7.07. The number of likely N-dealkylation sites (N-methyl/N-ethyl adjacent to an activating group) is 1. The highest BCUT2D eigenvalue weighted by Crippen LogP contribution is 2.18. The molecule has 0 radical (unpaired) electrons. The highest BCUT2D eigenvalue weighted by atomic mass is 35.5. The van der Waals surface area contributed by atoms with Gasteiger partial charge < -0.3 is 16.4 Å². The SMILES string of the molecule is C=C(/C=C(\C=C/C)N(C)/N=C(\C=C\NC(=O)N/C(CC)=C(C)/C(Cl)=C\C)c1cscn1)CC(N)=O.CCC.